The van der Waals surface area contributed by atoms with Gasteiger partial charge in [-0.2, -0.15) is 0 Å². The van der Waals surface area contributed by atoms with Crippen LogP contribution in [0.3, 0.4) is 0 Å². The van der Waals surface area contributed by atoms with Crippen molar-refractivity contribution in [1.29, 1.82) is 0 Å². The summed E-state index contributed by atoms with van der Waals surface area (Å²) in [6, 6.07) is 0.546. The zero-order valence-electron chi connectivity index (χ0n) is 14.7. The number of hydrogen-bond donors (Lipinski definition) is 3. The average molecular weight is 314 g/mol. The first-order valence-electron chi connectivity index (χ1n) is 8.44. The van der Waals surface area contributed by atoms with Crippen LogP contribution in [0.4, 0.5) is 0 Å². The average Bonchev–Trinajstić information content (AvgIpc) is 2.94. The number of guanidine groups is 1. The van der Waals surface area contributed by atoms with Crippen molar-refractivity contribution in [2.24, 2.45) is 10.4 Å². The van der Waals surface area contributed by atoms with Gasteiger partial charge in [0.05, 0.1) is 13.2 Å². The molecule has 1 atom stereocenters. The van der Waals surface area contributed by atoms with Crippen LogP contribution in [0.1, 0.15) is 33.6 Å². The summed E-state index contributed by atoms with van der Waals surface area (Å²) in [6.07, 6.45) is 1.73. The van der Waals surface area contributed by atoms with Gasteiger partial charge in [-0.05, 0) is 40.7 Å². The molecule has 0 saturated carbocycles. The van der Waals surface area contributed by atoms with E-state index in [9.17, 15) is 5.11 Å². The van der Waals surface area contributed by atoms with E-state index in [4.69, 9.17) is 9.73 Å². The zero-order chi connectivity index (χ0) is 16.4. The first-order valence-corrected chi connectivity index (χ1v) is 8.44. The smallest absolute Gasteiger partial charge is 0.191 e. The van der Waals surface area contributed by atoms with Crippen LogP contribution in [-0.2, 0) is 4.74 Å². The lowest BCUT2D eigenvalue weighted by atomic mass is 9.84. The first kappa shape index (κ1) is 19.2. The first-order chi connectivity index (χ1) is 10.5. The van der Waals surface area contributed by atoms with Gasteiger partial charge in [0.1, 0.15) is 0 Å². The van der Waals surface area contributed by atoms with Gasteiger partial charge >= 0.3 is 0 Å². The summed E-state index contributed by atoms with van der Waals surface area (Å²) in [7, 11) is 2.13. The van der Waals surface area contributed by atoms with Crippen molar-refractivity contribution in [3.63, 3.8) is 0 Å². The zero-order valence-corrected chi connectivity index (χ0v) is 14.7. The third-order valence-electron chi connectivity index (χ3n) is 4.38. The van der Waals surface area contributed by atoms with E-state index < -0.39 is 0 Å². The predicted molar refractivity (Wildman–Crippen MR) is 91.3 cm³/mol. The Kier molecular flexibility index (Phi) is 8.75. The Morgan fingerprint density at radius 3 is 2.73 bits per heavy atom. The second kappa shape index (κ2) is 10.0. The van der Waals surface area contributed by atoms with Gasteiger partial charge in [0, 0.05) is 44.3 Å². The highest BCUT2D eigenvalue weighted by atomic mass is 16.5. The number of likely N-dealkylation sites (N-methyl/N-ethyl adjacent to an activating group) is 1. The molecular formula is C16H34N4O2. The van der Waals surface area contributed by atoms with Crippen molar-refractivity contribution in [1.82, 2.24) is 15.5 Å². The molecule has 1 aliphatic rings. The normalized spacial score (nSPS) is 22.6. The number of ether oxygens (including phenoxy) is 1. The van der Waals surface area contributed by atoms with Gasteiger partial charge in [-0.15, -0.1) is 0 Å². The van der Waals surface area contributed by atoms with Gasteiger partial charge in [0.15, 0.2) is 5.96 Å². The summed E-state index contributed by atoms with van der Waals surface area (Å²) in [5.74, 6) is 0.851. The minimum atomic E-state index is 0.00578. The van der Waals surface area contributed by atoms with E-state index in [2.05, 4.69) is 43.4 Å². The molecule has 0 amide bonds. The van der Waals surface area contributed by atoms with Crippen LogP contribution in [0.5, 0.6) is 0 Å². The van der Waals surface area contributed by atoms with Crippen molar-refractivity contribution >= 4 is 5.96 Å². The molecule has 0 radical (unpaired) electrons. The predicted octanol–water partition coefficient (Wildman–Crippen LogP) is 0.671. The summed E-state index contributed by atoms with van der Waals surface area (Å²) in [5.41, 5.74) is 0.00578. The second-order valence-electron chi connectivity index (χ2n) is 6.47. The standard InChI is InChI=1S/C16H34N4O2/c1-5-17-15(18-8-9-20(4)14(2)3)19-12-16(6-10-21)7-11-22-13-16/h14,21H,5-13H2,1-4H3,(H2,17,18,19). The van der Waals surface area contributed by atoms with Crippen LogP contribution < -0.4 is 10.6 Å². The molecule has 130 valence electrons. The summed E-state index contributed by atoms with van der Waals surface area (Å²) in [6.45, 7) is 11.5. The topological polar surface area (TPSA) is 69.1 Å². The molecule has 6 nitrogen and oxygen atoms in total. The van der Waals surface area contributed by atoms with Crippen LogP contribution in [-0.4, -0.2) is 75.1 Å². The number of aliphatic imine (C=N–C) groups is 1. The van der Waals surface area contributed by atoms with Gasteiger partial charge in [0.25, 0.3) is 0 Å². The number of nitrogens with zero attached hydrogens (tertiary/aromatic N) is 2. The highest BCUT2D eigenvalue weighted by Gasteiger charge is 2.34. The van der Waals surface area contributed by atoms with E-state index in [1.54, 1.807) is 0 Å². The Morgan fingerprint density at radius 2 is 2.18 bits per heavy atom. The second-order valence-corrected chi connectivity index (χ2v) is 6.47. The van der Waals surface area contributed by atoms with E-state index in [0.29, 0.717) is 19.2 Å². The summed E-state index contributed by atoms with van der Waals surface area (Å²) in [4.78, 5) is 7.01. The van der Waals surface area contributed by atoms with Crippen LogP contribution >= 0.6 is 0 Å². The Hall–Kier alpha value is -0.850. The fourth-order valence-corrected chi connectivity index (χ4v) is 2.48. The molecule has 1 fully saturated rings. The highest BCUT2D eigenvalue weighted by molar-refractivity contribution is 5.79. The van der Waals surface area contributed by atoms with Gasteiger partial charge in [-0.25, -0.2) is 0 Å². The monoisotopic (exact) mass is 314 g/mol. The molecule has 1 heterocycles. The molecular weight excluding hydrogens is 280 g/mol. The minimum Gasteiger partial charge on any atom is -0.396 e. The van der Waals surface area contributed by atoms with Gasteiger partial charge in [0.2, 0.25) is 0 Å². The lowest BCUT2D eigenvalue weighted by molar-refractivity contribution is 0.131. The van der Waals surface area contributed by atoms with Gasteiger partial charge in [-0.1, -0.05) is 0 Å². The number of nitrogens with one attached hydrogen (secondary N) is 2. The Labute approximate surface area is 135 Å². The third kappa shape index (κ3) is 6.50. The lowest BCUT2D eigenvalue weighted by Crippen LogP contribution is -2.42. The largest absolute Gasteiger partial charge is 0.396 e. The molecule has 3 N–H and O–H groups in total. The van der Waals surface area contributed by atoms with E-state index in [-0.39, 0.29) is 12.0 Å². The maximum atomic E-state index is 9.27. The van der Waals surface area contributed by atoms with Gasteiger partial charge < -0.3 is 25.4 Å². The SMILES string of the molecule is CCNC(=NCC1(CCO)CCOC1)NCCN(C)C(C)C. The van der Waals surface area contributed by atoms with Crippen LogP contribution in [0.2, 0.25) is 0 Å². The minimum absolute atomic E-state index is 0.00578. The third-order valence-corrected chi connectivity index (χ3v) is 4.38. The molecule has 1 aliphatic heterocycles. The molecule has 1 rings (SSSR count). The Bertz CT molecular complexity index is 328. The molecule has 1 unspecified atom stereocenters. The highest BCUT2D eigenvalue weighted by Crippen LogP contribution is 2.32. The number of hydrogen-bond acceptors (Lipinski definition) is 4. The maximum absolute atomic E-state index is 9.27. The van der Waals surface area contributed by atoms with Crippen molar-refractivity contribution in [3.8, 4) is 0 Å². The van der Waals surface area contributed by atoms with E-state index in [0.717, 1.165) is 45.0 Å². The van der Waals surface area contributed by atoms with Crippen LogP contribution in [0.15, 0.2) is 4.99 Å². The summed E-state index contributed by atoms with van der Waals surface area (Å²) in [5, 5.41) is 15.9. The Balaban J connectivity index is 2.50. The molecule has 0 aromatic heterocycles. The van der Waals surface area contributed by atoms with Crippen LogP contribution in [0, 0.1) is 5.41 Å². The van der Waals surface area contributed by atoms with E-state index in [1.807, 2.05) is 0 Å². The number of aliphatic hydroxyl groups is 1. The number of rotatable bonds is 9. The van der Waals surface area contributed by atoms with Gasteiger partial charge in [-0.3, -0.25) is 4.99 Å². The Morgan fingerprint density at radius 1 is 1.41 bits per heavy atom. The lowest BCUT2D eigenvalue weighted by Gasteiger charge is -2.25. The van der Waals surface area contributed by atoms with Crippen molar-refractivity contribution in [3.05, 3.63) is 0 Å². The molecule has 0 aromatic carbocycles. The van der Waals surface area contributed by atoms with E-state index in [1.165, 1.54) is 0 Å². The van der Waals surface area contributed by atoms with E-state index >= 15 is 0 Å². The quantitative estimate of drug-likeness (QED) is 0.431. The molecule has 1 saturated heterocycles. The fraction of sp³-hybridized carbons (Fsp3) is 0.938. The summed E-state index contributed by atoms with van der Waals surface area (Å²) < 4.78 is 5.52. The van der Waals surface area contributed by atoms with Crippen molar-refractivity contribution in [2.75, 3.05) is 53.0 Å². The molecule has 0 aromatic rings. The number of aliphatic hydroxyl groups excluding tert-OH is 1. The fourth-order valence-electron chi connectivity index (χ4n) is 2.48. The summed E-state index contributed by atoms with van der Waals surface area (Å²) >= 11 is 0. The maximum Gasteiger partial charge on any atom is 0.191 e. The van der Waals surface area contributed by atoms with Crippen molar-refractivity contribution < 1.29 is 9.84 Å². The molecule has 6 heteroatoms. The molecule has 0 bridgehead atoms. The molecule has 0 aliphatic carbocycles. The van der Waals surface area contributed by atoms with Crippen molar-refractivity contribution in [2.45, 2.75) is 39.7 Å². The van der Waals surface area contributed by atoms with Crippen LogP contribution in [0.25, 0.3) is 0 Å². The molecule has 22 heavy (non-hydrogen) atoms. The molecule has 0 spiro atoms.